The van der Waals surface area contributed by atoms with Gasteiger partial charge in [0.05, 0.1) is 0 Å². The van der Waals surface area contributed by atoms with Gasteiger partial charge >= 0.3 is 17.9 Å². The van der Waals surface area contributed by atoms with Crippen molar-refractivity contribution >= 4 is 17.9 Å². The Morgan fingerprint density at radius 1 is 0.280 bits per heavy atom. The Bertz CT molecular complexity index is 1520. The van der Waals surface area contributed by atoms with Crippen LogP contribution in [0.2, 0.25) is 0 Å². The van der Waals surface area contributed by atoms with Crippen molar-refractivity contribution in [3.63, 3.8) is 0 Å². The molecule has 6 heteroatoms. The van der Waals surface area contributed by atoms with Crippen LogP contribution in [0.1, 0.15) is 290 Å². The second-order valence-corrected chi connectivity index (χ2v) is 20.6. The van der Waals surface area contributed by atoms with E-state index >= 15 is 0 Å². The predicted octanol–water partition coefficient (Wildman–Crippen LogP) is 21.4. The van der Waals surface area contributed by atoms with Gasteiger partial charge in [0.15, 0.2) is 6.10 Å². The molecule has 428 valence electrons. The highest BCUT2D eigenvalue weighted by molar-refractivity contribution is 5.71. The summed E-state index contributed by atoms with van der Waals surface area (Å²) in [6, 6.07) is 0. The summed E-state index contributed by atoms with van der Waals surface area (Å²) in [5.74, 6) is -0.899. The highest BCUT2D eigenvalue weighted by atomic mass is 16.6. The molecule has 0 aromatic heterocycles. The maximum atomic E-state index is 12.8. The zero-order chi connectivity index (χ0) is 54.3. The van der Waals surface area contributed by atoms with E-state index in [0.717, 1.165) is 122 Å². The van der Waals surface area contributed by atoms with Crippen LogP contribution in [0.25, 0.3) is 0 Å². The molecule has 0 aromatic rings. The second kappa shape index (κ2) is 62.6. The van der Waals surface area contributed by atoms with Crippen LogP contribution in [0.15, 0.2) is 109 Å². The molecular formula is C69H116O6. The van der Waals surface area contributed by atoms with Gasteiger partial charge in [-0.15, -0.1) is 0 Å². The van der Waals surface area contributed by atoms with Crippen LogP contribution in [0.3, 0.4) is 0 Å². The first-order valence-electron chi connectivity index (χ1n) is 31.4. The van der Waals surface area contributed by atoms with E-state index < -0.39 is 6.10 Å². The summed E-state index contributed by atoms with van der Waals surface area (Å²) in [7, 11) is 0. The van der Waals surface area contributed by atoms with Gasteiger partial charge in [-0.25, -0.2) is 0 Å². The Kier molecular flexibility index (Phi) is 59.3. The topological polar surface area (TPSA) is 78.9 Å². The fourth-order valence-corrected chi connectivity index (χ4v) is 8.57. The van der Waals surface area contributed by atoms with Gasteiger partial charge in [-0.2, -0.15) is 0 Å². The van der Waals surface area contributed by atoms with E-state index in [1.54, 1.807) is 0 Å². The molecule has 0 aliphatic rings. The van der Waals surface area contributed by atoms with Crippen LogP contribution in [0.4, 0.5) is 0 Å². The number of esters is 3. The van der Waals surface area contributed by atoms with Crippen molar-refractivity contribution in [2.45, 2.75) is 297 Å². The number of unbranched alkanes of at least 4 members (excludes halogenated alkanes) is 27. The first-order valence-corrected chi connectivity index (χ1v) is 31.4. The Hall–Kier alpha value is -3.93. The van der Waals surface area contributed by atoms with E-state index in [1.165, 1.54) is 128 Å². The van der Waals surface area contributed by atoms with E-state index in [9.17, 15) is 14.4 Å². The summed E-state index contributed by atoms with van der Waals surface area (Å²) in [4.78, 5) is 37.9. The van der Waals surface area contributed by atoms with Gasteiger partial charge in [0.25, 0.3) is 0 Å². The lowest BCUT2D eigenvalue weighted by atomic mass is 10.0. The number of carbonyl (C=O) groups is 3. The van der Waals surface area contributed by atoms with Gasteiger partial charge in [0.2, 0.25) is 0 Å². The largest absolute Gasteiger partial charge is 0.462 e. The molecule has 0 bridgehead atoms. The number of hydrogen-bond donors (Lipinski definition) is 0. The first kappa shape index (κ1) is 71.1. The van der Waals surface area contributed by atoms with Crippen molar-refractivity contribution in [1.82, 2.24) is 0 Å². The highest BCUT2D eigenvalue weighted by Crippen LogP contribution is 2.16. The van der Waals surface area contributed by atoms with Crippen molar-refractivity contribution in [1.29, 1.82) is 0 Å². The molecule has 6 nitrogen and oxygen atoms in total. The van der Waals surface area contributed by atoms with Crippen LogP contribution < -0.4 is 0 Å². The summed E-state index contributed by atoms with van der Waals surface area (Å²) in [6.45, 7) is 6.42. The quantitative estimate of drug-likeness (QED) is 0.0261. The molecule has 0 rings (SSSR count). The van der Waals surface area contributed by atoms with E-state index in [0.29, 0.717) is 19.3 Å². The average molecular weight is 1040 g/mol. The summed E-state index contributed by atoms with van der Waals surface area (Å²) < 4.78 is 16.7. The summed E-state index contributed by atoms with van der Waals surface area (Å²) >= 11 is 0. The number of hydrogen-bond acceptors (Lipinski definition) is 6. The molecule has 0 aliphatic carbocycles. The minimum Gasteiger partial charge on any atom is -0.462 e. The van der Waals surface area contributed by atoms with Crippen molar-refractivity contribution in [3.8, 4) is 0 Å². The van der Waals surface area contributed by atoms with E-state index in [2.05, 4.69) is 130 Å². The Balaban J connectivity index is 4.00. The second-order valence-electron chi connectivity index (χ2n) is 20.6. The van der Waals surface area contributed by atoms with Crippen LogP contribution in [-0.4, -0.2) is 37.2 Å². The number of ether oxygens (including phenoxy) is 3. The van der Waals surface area contributed by atoms with E-state index in [-0.39, 0.29) is 31.1 Å². The number of carbonyl (C=O) groups excluding carboxylic acids is 3. The van der Waals surface area contributed by atoms with Crippen molar-refractivity contribution in [2.75, 3.05) is 13.2 Å². The van der Waals surface area contributed by atoms with Crippen molar-refractivity contribution in [2.24, 2.45) is 0 Å². The maximum absolute atomic E-state index is 12.8. The monoisotopic (exact) mass is 1040 g/mol. The van der Waals surface area contributed by atoms with Crippen molar-refractivity contribution < 1.29 is 28.6 Å². The molecule has 0 aromatic carbocycles. The SMILES string of the molecule is CC/C=C\C/C=C\C/C=C\C/C=C\C/C=C\C/C=C\C/C=C\CCCCCCCCCCCCCCCC(=O)OCC(COC(=O)CCCCCCC)OC(=O)CCCCCCCCC/C=C\C/C=C\CCCCC. The molecule has 0 amide bonds. The maximum Gasteiger partial charge on any atom is 0.306 e. The third-order valence-electron chi connectivity index (χ3n) is 13.3. The minimum atomic E-state index is -0.778. The smallest absolute Gasteiger partial charge is 0.306 e. The van der Waals surface area contributed by atoms with Gasteiger partial charge < -0.3 is 14.2 Å². The van der Waals surface area contributed by atoms with Crippen LogP contribution in [-0.2, 0) is 28.6 Å². The van der Waals surface area contributed by atoms with Gasteiger partial charge in [-0.1, -0.05) is 271 Å². The van der Waals surface area contributed by atoms with Gasteiger partial charge in [0, 0.05) is 19.3 Å². The predicted molar refractivity (Wildman–Crippen MR) is 325 cm³/mol. The zero-order valence-electron chi connectivity index (χ0n) is 49.0. The lowest BCUT2D eigenvalue weighted by Crippen LogP contribution is -2.30. The molecule has 0 heterocycles. The molecule has 0 radical (unpaired) electrons. The third-order valence-corrected chi connectivity index (χ3v) is 13.3. The minimum absolute atomic E-state index is 0.0804. The molecular weight excluding hydrogens is 925 g/mol. The molecule has 0 spiro atoms. The molecule has 0 saturated carbocycles. The van der Waals surface area contributed by atoms with Crippen molar-refractivity contribution in [3.05, 3.63) is 109 Å². The van der Waals surface area contributed by atoms with Gasteiger partial charge in [-0.3, -0.25) is 14.4 Å². The molecule has 0 aliphatic heterocycles. The third kappa shape index (κ3) is 60.8. The van der Waals surface area contributed by atoms with Gasteiger partial charge in [-0.05, 0) is 109 Å². The average Bonchev–Trinajstić information content (AvgIpc) is 3.41. The Morgan fingerprint density at radius 3 is 0.840 bits per heavy atom. The summed E-state index contributed by atoms with van der Waals surface area (Å²) in [5, 5.41) is 0. The fourth-order valence-electron chi connectivity index (χ4n) is 8.57. The van der Waals surface area contributed by atoms with Crippen LogP contribution >= 0.6 is 0 Å². The molecule has 1 atom stereocenters. The lowest BCUT2D eigenvalue weighted by molar-refractivity contribution is -0.167. The molecule has 1 unspecified atom stereocenters. The van der Waals surface area contributed by atoms with E-state index in [4.69, 9.17) is 14.2 Å². The van der Waals surface area contributed by atoms with Crippen LogP contribution in [0, 0.1) is 0 Å². The first-order chi connectivity index (χ1) is 37.0. The van der Waals surface area contributed by atoms with Gasteiger partial charge in [0.1, 0.15) is 13.2 Å². The number of rotatable bonds is 56. The summed E-state index contributed by atoms with van der Waals surface area (Å²) in [6.07, 6.45) is 85.7. The fraction of sp³-hybridized carbons (Fsp3) is 0.696. The molecule has 75 heavy (non-hydrogen) atoms. The van der Waals surface area contributed by atoms with Crippen LogP contribution in [0.5, 0.6) is 0 Å². The van der Waals surface area contributed by atoms with E-state index in [1.807, 2.05) is 0 Å². The standard InChI is InChI=1S/C69H116O6/c1-4-7-10-13-15-17-19-21-23-25-26-27-28-29-30-31-32-33-34-35-36-37-38-39-40-41-42-44-45-47-49-51-53-56-59-62-68(71)74-65-66(64-73-67(70)61-58-55-12-9-6-3)75-69(72)63-60-57-54-52-50-48-46-43-24-22-20-18-16-14-11-8-5-2/h7,10,15-18,21-24,26-27,29-30,32-33,35-36,66H,4-6,8-9,11-14,19-20,25,28,31,34,37-65H2,1-3H3/b10-7-,17-15-,18-16-,23-21-,24-22-,27-26-,30-29-,33-32-,36-35-. The highest BCUT2D eigenvalue weighted by Gasteiger charge is 2.19. The summed E-state index contributed by atoms with van der Waals surface area (Å²) in [5.41, 5.74) is 0. The Labute approximate surface area is 463 Å². The zero-order valence-corrected chi connectivity index (χ0v) is 49.0. The molecule has 0 saturated heterocycles. The lowest BCUT2D eigenvalue weighted by Gasteiger charge is -2.18. The number of allylic oxidation sites excluding steroid dienone is 18. The molecule has 0 fully saturated rings. The molecule has 0 N–H and O–H groups in total. The Morgan fingerprint density at radius 2 is 0.520 bits per heavy atom. The normalized spacial score (nSPS) is 12.8.